The summed E-state index contributed by atoms with van der Waals surface area (Å²) in [4.78, 5) is 38.4. The molecule has 0 spiro atoms. The van der Waals surface area contributed by atoms with Crippen molar-refractivity contribution in [1.29, 1.82) is 0 Å². The number of benzene rings is 1. The number of H-pyrrole nitrogens is 1. The Morgan fingerprint density at radius 3 is 2.79 bits per heavy atom. The average molecular weight is 326 g/mol. The van der Waals surface area contributed by atoms with E-state index < -0.39 is 5.97 Å². The molecule has 0 aliphatic heterocycles. The summed E-state index contributed by atoms with van der Waals surface area (Å²) >= 11 is 0. The van der Waals surface area contributed by atoms with Gasteiger partial charge in [-0.05, 0) is 43.0 Å². The van der Waals surface area contributed by atoms with Crippen LogP contribution in [-0.4, -0.2) is 27.8 Å². The first-order valence-electron chi connectivity index (χ1n) is 7.82. The fourth-order valence-electron chi connectivity index (χ4n) is 3.13. The number of Topliss-reactive ketones (excluding diaryl/α,β-unsaturated/α-hetero) is 1. The van der Waals surface area contributed by atoms with E-state index >= 15 is 0 Å². The first kappa shape index (κ1) is 16.0. The van der Waals surface area contributed by atoms with E-state index in [9.17, 15) is 14.4 Å². The molecule has 1 amide bonds. The maximum absolute atomic E-state index is 12.5. The second kappa shape index (κ2) is 6.31. The molecule has 2 aromatic rings. The standard InChI is InChI=1S/C18H18N2O4/c1-10-16-13(6-3-7-14(16)21)20-17(10)18(24)19-12-5-2-4-11(8-12)9-15(22)23/h2,4-5,8,20H,3,6-7,9H2,1H3,(H,19,24)(H,22,23). The Kier molecular flexibility index (Phi) is 4.20. The zero-order valence-electron chi connectivity index (χ0n) is 13.3. The predicted molar refractivity (Wildman–Crippen MR) is 88.5 cm³/mol. The highest BCUT2D eigenvalue weighted by molar-refractivity contribution is 6.08. The highest BCUT2D eigenvalue weighted by Gasteiger charge is 2.26. The summed E-state index contributed by atoms with van der Waals surface area (Å²) in [6.07, 6.45) is 1.98. The van der Waals surface area contributed by atoms with Crippen molar-refractivity contribution in [2.45, 2.75) is 32.6 Å². The van der Waals surface area contributed by atoms with E-state index in [1.807, 2.05) is 0 Å². The van der Waals surface area contributed by atoms with Crippen LogP contribution in [0.3, 0.4) is 0 Å². The van der Waals surface area contributed by atoms with Gasteiger partial charge in [-0.25, -0.2) is 0 Å². The zero-order chi connectivity index (χ0) is 17.3. The lowest BCUT2D eigenvalue weighted by Crippen LogP contribution is -2.14. The van der Waals surface area contributed by atoms with E-state index in [1.54, 1.807) is 31.2 Å². The Balaban J connectivity index is 1.83. The summed E-state index contributed by atoms with van der Waals surface area (Å²) in [6.45, 7) is 1.77. The number of amides is 1. The van der Waals surface area contributed by atoms with Gasteiger partial charge in [0.05, 0.1) is 6.42 Å². The molecule has 0 saturated heterocycles. The van der Waals surface area contributed by atoms with Gasteiger partial charge in [0.1, 0.15) is 5.69 Å². The molecule has 1 aromatic heterocycles. The normalized spacial score (nSPS) is 13.5. The van der Waals surface area contributed by atoms with Crippen LogP contribution in [0.15, 0.2) is 24.3 Å². The quantitative estimate of drug-likeness (QED) is 0.804. The Morgan fingerprint density at radius 2 is 2.08 bits per heavy atom. The van der Waals surface area contributed by atoms with Gasteiger partial charge in [0.2, 0.25) is 0 Å². The largest absolute Gasteiger partial charge is 0.481 e. The van der Waals surface area contributed by atoms with Crippen molar-refractivity contribution in [1.82, 2.24) is 4.98 Å². The van der Waals surface area contributed by atoms with Gasteiger partial charge < -0.3 is 15.4 Å². The lowest BCUT2D eigenvalue weighted by Gasteiger charge is -2.09. The molecule has 0 fully saturated rings. The van der Waals surface area contributed by atoms with Gasteiger partial charge in [0.15, 0.2) is 5.78 Å². The number of carboxylic acid groups (broad SMARTS) is 1. The van der Waals surface area contributed by atoms with E-state index in [0.717, 1.165) is 18.5 Å². The first-order chi connectivity index (χ1) is 11.5. The first-order valence-corrected chi connectivity index (χ1v) is 7.82. The van der Waals surface area contributed by atoms with Crippen LogP contribution in [0.1, 0.15) is 50.5 Å². The number of carbonyl (C=O) groups is 3. The number of fused-ring (bicyclic) bond motifs is 1. The molecule has 0 bridgehead atoms. The molecular formula is C18H18N2O4. The van der Waals surface area contributed by atoms with E-state index in [4.69, 9.17) is 5.11 Å². The Bertz CT molecular complexity index is 836. The molecule has 3 rings (SSSR count). The topological polar surface area (TPSA) is 99.3 Å². The summed E-state index contributed by atoms with van der Waals surface area (Å²) in [5, 5.41) is 11.6. The van der Waals surface area contributed by atoms with E-state index in [-0.39, 0.29) is 18.1 Å². The third-order valence-electron chi connectivity index (χ3n) is 4.20. The number of carbonyl (C=O) groups excluding carboxylic acids is 2. The summed E-state index contributed by atoms with van der Waals surface area (Å²) < 4.78 is 0. The maximum atomic E-state index is 12.5. The van der Waals surface area contributed by atoms with Gasteiger partial charge >= 0.3 is 5.97 Å². The number of nitrogens with one attached hydrogen (secondary N) is 2. The van der Waals surface area contributed by atoms with Gasteiger partial charge in [0, 0.05) is 23.4 Å². The molecule has 0 saturated carbocycles. The van der Waals surface area contributed by atoms with Crippen molar-refractivity contribution in [2.75, 3.05) is 5.32 Å². The fraction of sp³-hybridized carbons (Fsp3) is 0.278. The number of ketones is 1. The minimum Gasteiger partial charge on any atom is -0.481 e. The highest BCUT2D eigenvalue weighted by Crippen LogP contribution is 2.27. The molecular weight excluding hydrogens is 308 g/mol. The van der Waals surface area contributed by atoms with Crippen LogP contribution < -0.4 is 5.32 Å². The molecule has 1 heterocycles. The summed E-state index contributed by atoms with van der Waals surface area (Å²) in [5.74, 6) is -1.18. The van der Waals surface area contributed by atoms with Gasteiger partial charge in [-0.15, -0.1) is 0 Å². The van der Waals surface area contributed by atoms with Crippen LogP contribution in [0, 0.1) is 6.92 Å². The van der Waals surface area contributed by atoms with Crippen molar-refractivity contribution in [3.8, 4) is 0 Å². The van der Waals surface area contributed by atoms with Crippen molar-refractivity contribution < 1.29 is 19.5 Å². The number of hydrogen-bond donors (Lipinski definition) is 3. The number of carboxylic acids is 1. The molecule has 0 radical (unpaired) electrons. The summed E-state index contributed by atoms with van der Waals surface area (Å²) in [5.41, 5.74) is 3.67. The minimum absolute atomic E-state index is 0.0764. The molecule has 24 heavy (non-hydrogen) atoms. The van der Waals surface area contributed by atoms with Gasteiger partial charge in [-0.2, -0.15) is 0 Å². The number of aliphatic carboxylic acids is 1. The van der Waals surface area contributed by atoms with Crippen LogP contribution in [0.2, 0.25) is 0 Å². The average Bonchev–Trinajstić information content (AvgIpc) is 2.85. The van der Waals surface area contributed by atoms with Crippen molar-refractivity contribution in [2.24, 2.45) is 0 Å². The third-order valence-corrected chi connectivity index (χ3v) is 4.20. The van der Waals surface area contributed by atoms with Crippen LogP contribution in [-0.2, 0) is 17.6 Å². The molecule has 6 nitrogen and oxygen atoms in total. The predicted octanol–water partition coefficient (Wildman–Crippen LogP) is 2.72. The number of aromatic nitrogens is 1. The fourth-order valence-corrected chi connectivity index (χ4v) is 3.13. The van der Waals surface area contributed by atoms with E-state index in [1.165, 1.54) is 0 Å². The molecule has 124 valence electrons. The third kappa shape index (κ3) is 3.08. The van der Waals surface area contributed by atoms with Crippen molar-refractivity contribution in [3.05, 3.63) is 52.3 Å². The van der Waals surface area contributed by atoms with E-state index in [0.29, 0.717) is 34.5 Å². The Hall–Kier alpha value is -2.89. The number of aryl methyl sites for hydroxylation is 1. The van der Waals surface area contributed by atoms with Crippen LogP contribution >= 0.6 is 0 Å². The summed E-state index contributed by atoms with van der Waals surface area (Å²) in [6, 6.07) is 6.73. The second-order valence-corrected chi connectivity index (χ2v) is 5.98. The lowest BCUT2D eigenvalue weighted by molar-refractivity contribution is -0.136. The second-order valence-electron chi connectivity index (χ2n) is 5.98. The Labute approximate surface area is 138 Å². The van der Waals surface area contributed by atoms with Gasteiger partial charge in [0.25, 0.3) is 5.91 Å². The number of aromatic amines is 1. The maximum Gasteiger partial charge on any atom is 0.307 e. The molecule has 0 unspecified atom stereocenters. The molecule has 0 atom stereocenters. The number of anilines is 1. The zero-order valence-corrected chi connectivity index (χ0v) is 13.3. The smallest absolute Gasteiger partial charge is 0.307 e. The molecule has 6 heteroatoms. The molecule has 1 aliphatic carbocycles. The Morgan fingerprint density at radius 1 is 1.29 bits per heavy atom. The van der Waals surface area contributed by atoms with Gasteiger partial charge in [-0.3, -0.25) is 14.4 Å². The monoisotopic (exact) mass is 326 g/mol. The molecule has 1 aliphatic rings. The minimum atomic E-state index is -0.926. The number of hydrogen-bond acceptors (Lipinski definition) is 3. The molecule has 1 aromatic carbocycles. The lowest BCUT2D eigenvalue weighted by atomic mass is 9.94. The van der Waals surface area contributed by atoms with Crippen LogP contribution in [0.25, 0.3) is 0 Å². The number of rotatable bonds is 4. The van der Waals surface area contributed by atoms with E-state index in [2.05, 4.69) is 10.3 Å². The van der Waals surface area contributed by atoms with Crippen LogP contribution in [0.4, 0.5) is 5.69 Å². The van der Waals surface area contributed by atoms with Crippen LogP contribution in [0.5, 0.6) is 0 Å². The van der Waals surface area contributed by atoms with Crippen molar-refractivity contribution >= 4 is 23.3 Å². The SMILES string of the molecule is Cc1c(C(=O)Nc2cccc(CC(=O)O)c2)[nH]c2c1C(=O)CCC2. The molecule has 3 N–H and O–H groups in total. The van der Waals surface area contributed by atoms with Crippen molar-refractivity contribution in [3.63, 3.8) is 0 Å². The highest BCUT2D eigenvalue weighted by atomic mass is 16.4. The summed E-state index contributed by atoms with van der Waals surface area (Å²) in [7, 11) is 0. The van der Waals surface area contributed by atoms with Gasteiger partial charge in [-0.1, -0.05) is 12.1 Å².